The number of fused-ring (bicyclic) bond motifs is 3. The van der Waals surface area contributed by atoms with Crippen molar-refractivity contribution in [2.45, 2.75) is 13.3 Å². The van der Waals surface area contributed by atoms with Crippen molar-refractivity contribution in [2.24, 2.45) is 0 Å². The highest BCUT2D eigenvalue weighted by Crippen LogP contribution is 2.13. The molecule has 3 rings (SSSR count). The van der Waals surface area contributed by atoms with Gasteiger partial charge in [0.05, 0.1) is 5.39 Å². The molecule has 4 nitrogen and oxygen atoms in total. The third kappa shape index (κ3) is 1.62. The number of rotatable bonds is 1. The molecule has 1 amide bonds. The lowest BCUT2D eigenvalue weighted by Crippen LogP contribution is -2.27. The van der Waals surface area contributed by atoms with Gasteiger partial charge >= 0.3 is 5.63 Å². The van der Waals surface area contributed by atoms with Crippen molar-refractivity contribution in [3.8, 4) is 0 Å². The highest BCUT2D eigenvalue weighted by molar-refractivity contribution is 5.93. The fraction of sp³-hybridized carbons (Fsp3) is 0.143. The number of carbonyl (C=O) groups excluding carboxylic acids is 1. The van der Waals surface area contributed by atoms with Gasteiger partial charge in [0.1, 0.15) is 5.42 Å². The minimum Gasteiger partial charge on any atom is -0.423 e. The van der Waals surface area contributed by atoms with E-state index in [0.717, 1.165) is 17.0 Å². The van der Waals surface area contributed by atoms with Gasteiger partial charge in [-0.15, -0.1) is 0 Å². The molecule has 2 aromatic rings. The van der Waals surface area contributed by atoms with Crippen LogP contribution in [0.4, 0.5) is 5.69 Å². The van der Waals surface area contributed by atoms with Crippen LogP contribution < -0.4 is 21.6 Å². The molecule has 4 heteroatoms. The van der Waals surface area contributed by atoms with E-state index in [2.05, 4.69) is 5.32 Å². The first-order valence-corrected chi connectivity index (χ1v) is 5.70. The maximum Gasteiger partial charge on any atom is 0.344 e. The quantitative estimate of drug-likeness (QED) is 0.800. The Morgan fingerprint density at radius 1 is 1.28 bits per heavy atom. The summed E-state index contributed by atoms with van der Waals surface area (Å²) in [5.41, 5.74) is 0.867. The van der Waals surface area contributed by atoms with Gasteiger partial charge in [0.25, 0.3) is 0 Å². The summed E-state index contributed by atoms with van der Waals surface area (Å²) < 4.78 is 5.24. The second kappa shape index (κ2) is 3.84. The summed E-state index contributed by atoms with van der Waals surface area (Å²) in [7, 11) is 0. The molecule has 1 aliphatic carbocycles. The molecule has 1 N–H and O–H groups in total. The Morgan fingerprint density at radius 3 is 2.89 bits per heavy atom. The summed E-state index contributed by atoms with van der Waals surface area (Å²) in [5, 5.41) is 4.97. The number of anilines is 1. The van der Waals surface area contributed by atoms with Crippen molar-refractivity contribution in [1.29, 1.82) is 0 Å². The highest BCUT2D eigenvalue weighted by atomic mass is 16.4. The molecule has 0 bridgehead atoms. The van der Waals surface area contributed by atoms with Gasteiger partial charge in [0.15, 0.2) is 0 Å². The number of carbonyl (C=O) groups is 1. The van der Waals surface area contributed by atoms with Crippen LogP contribution in [0, 0.1) is 0 Å². The zero-order valence-corrected chi connectivity index (χ0v) is 9.82. The molecule has 1 aliphatic rings. The molecule has 0 saturated heterocycles. The Bertz CT molecular complexity index is 830. The van der Waals surface area contributed by atoms with Crippen molar-refractivity contribution in [2.75, 3.05) is 5.32 Å². The molecule has 0 aliphatic heterocycles. The lowest BCUT2D eigenvalue weighted by molar-refractivity contribution is -0.114. The topological polar surface area (TPSA) is 59.3 Å². The maximum absolute atomic E-state index is 11.9. The van der Waals surface area contributed by atoms with Crippen LogP contribution in [0.2, 0.25) is 0 Å². The SMILES string of the molecule is CC(=O)Nc1ccc2c3c(oc(=O)c2c1)=CCC=3. The molecule has 90 valence electrons. The van der Waals surface area contributed by atoms with E-state index in [0.29, 0.717) is 16.5 Å². The van der Waals surface area contributed by atoms with Crippen molar-refractivity contribution in [1.82, 2.24) is 0 Å². The zero-order valence-electron chi connectivity index (χ0n) is 9.82. The Labute approximate surface area is 102 Å². The van der Waals surface area contributed by atoms with Crippen molar-refractivity contribution >= 4 is 34.5 Å². The van der Waals surface area contributed by atoms with Crippen LogP contribution in [0.5, 0.6) is 0 Å². The average molecular weight is 241 g/mol. The zero-order chi connectivity index (χ0) is 12.7. The average Bonchev–Trinajstić information content (AvgIpc) is 2.76. The molecule has 0 spiro atoms. The summed E-state index contributed by atoms with van der Waals surface area (Å²) >= 11 is 0. The summed E-state index contributed by atoms with van der Waals surface area (Å²) in [6.07, 6.45) is 4.70. The van der Waals surface area contributed by atoms with E-state index in [1.807, 2.05) is 18.2 Å². The molecule has 0 radical (unpaired) electrons. The number of hydrogen-bond donors (Lipinski definition) is 1. The molecule has 0 unspecified atom stereocenters. The van der Waals surface area contributed by atoms with E-state index in [9.17, 15) is 9.59 Å². The second-order valence-electron chi connectivity index (χ2n) is 4.25. The Kier molecular flexibility index (Phi) is 2.30. The fourth-order valence-corrected chi connectivity index (χ4v) is 2.22. The molecule has 0 saturated carbocycles. The highest BCUT2D eigenvalue weighted by Gasteiger charge is 2.08. The van der Waals surface area contributed by atoms with Crippen molar-refractivity contribution < 1.29 is 9.21 Å². The Hall–Kier alpha value is -2.36. The molecule has 1 aromatic carbocycles. The van der Waals surface area contributed by atoms with Crippen LogP contribution in [0.3, 0.4) is 0 Å². The van der Waals surface area contributed by atoms with E-state index in [1.54, 1.807) is 12.1 Å². The van der Waals surface area contributed by atoms with E-state index in [1.165, 1.54) is 6.92 Å². The first-order valence-electron chi connectivity index (χ1n) is 5.70. The first kappa shape index (κ1) is 10.8. The third-order valence-corrected chi connectivity index (χ3v) is 2.94. The van der Waals surface area contributed by atoms with Gasteiger partial charge in [-0.05, 0) is 30.0 Å². The largest absolute Gasteiger partial charge is 0.423 e. The number of benzene rings is 1. The van der Waals surface area contributed by atoms with Crippen LogP contribution in [-0.2, 0) is 4.79 Å². The van der Waals surface area contributed by atoms with Crippen LogP contribution in [-0.4, -0.2) is 5.91 Å². The minimum atomic E-state index is -0.373. The summed E-state index contributed by atoms with van der Waals surface area (Å²) in [6.45, 7) is 1.43. The standard InChI is InChI=1S/C14H11NO3/c1-8(16)15-9-5-6-10-11-3-2-4-13(11)18-14(17)12(10)7-9/h3-7H,2H2,1H3,(H,15,16). The summed E-state index contributed by atoms with van der Waals surface area (Å²) in [4.78, 5) is 22.9. The first-order chi connectivity index (χ1) is 8.65. The number of hydrogen-bond acceptors (Lipinski definition) is 3. The normalized spacial score (nSPS) is 12.7. The van der Waals surface area contributed by atoms with Gasteiger partial charge in [-0.1, -0.05) is 12.1 Å². The second-order valence-corrected chi connectivity index (χ2v) is 4.25. The number of nitrogens with one attached hydrogen (secondary N) is 1. The van der Waals surface area contributed by atoms with Gasteiger partial charge in [0.2, 0.25) is 5.91 Å². The smallest absolute Gasteiger partial charge is 0.344 e. The fourth-order valence-electron chi connectivity index (χ4n) is 2.22. The lowest BCUT2D eigenvalue weighted by atomic mass is 10.1. The Balaban J connectivity index is 2.35. The molecule has 0 fully saturated rings. The molecular weight excluding hydrogens is 230 g/mol. The van der Waals surface area contributed by atoms with Gasteiger partial charge in [0, 0.05) is 17.8 Å². The van der Waals surface area contributed by atoms with Crippen LogP contribution in [0.25, 0.3) is 22.9 Å². The Morgan fingerprint density at radius 2 is 2.11 bits per heavy atom. The predicted octanol–water partition coefficient (Wildman–Crippen LogP) is 0.716. The van der Waals surface area contributed by atoms with Gasteiger partial charge in [-0.25, -0.2) is 4.79 Å². The van der Waals surface area contributed by atoms with E-state index in [-0.39, 0.29) is 11.5 Å². The molecule has 18 heavy (non-hydrogen) atoms. The molecule has 1 heterocycles. The van der Waals surface area contributed by atoms with E-state index >= 15 is 0 Å². The van der Waals surface area contributed by atoms with E-state index in [4.69, 9.17) is 4.42 Å². The van der Waals surface area contributed by atoms with Gasteiger partial charge in [-0.2, -0.15) is 0 Å². The summed E-state index contributed by atoms with van der Waals surface area (Å²) in [6, 6.07) is 5.27. The minimum absolute atomic E-state index is 0.167. The molecule has 0 atom stereocenters. The third-order valence-electron chi connectivity index (χ3n) is 2.94. The van der Waals surface area contributed by atoms with Crippen molar-refractivity contribution in [3.63, 3.8) is 0 Å². The maximum atomic E-state index is 11.9. The van der Waals surface area contributed by atoms with Gasteiger partial charge in [-0.3, -0.25) is 4.79 Å². The van der Waals surface area contributed by atoms with Crippen LogP contribution in [0.1, 0.15) is 13.3 Å². The van der Waals surface area contributed by atoms with Crippen LogP contribution >= 0.6 is 0 Å². The summed E-state index contributed by atoms with van der Waals surface area (Å²) in [5.74, 6) is -0.167. The molecule has 1 aromatic heterocycles. The molecular formula is C14H11NO3. The lowest BCUT2D eigenvalue weighted by Gasteiger charge is -2.03. The monoisotopic (exact) mass is 241 g/mol. The van der Waals surface area contributed by atoms with Gasteiger partial charge < -0.3 is 9.73 Å². The van der Waals surface area contributed by atoms with E-state index < -0.39 is 0 Å². The number of amides is 1. The van der Waals surface area contributed by atoms with Crippen molar-refractivity contribution in [3.05, 3.63) is 39.3 Å². The predicted molar refractivity (Wildman–Crippen MR) is 69.6 cm³/mol. The van der Waals surface area contributed by atoms with Crippen LogP contribution in [0.15, 0.2) is 27.4 Å².